The van der Waals surface area contributed by atoms with E-state index in [1.807, 2.05) is 0 Å². The second-order valence-corrected chi connectivity index (χ2v) is 1.47. The number of hydrogen-bond donors (Lipinski definition) is 1. The molecule has 0 radical (unpaired) electrons. The number of rotatable bonds is 6. The Labute approximate surface area is 57.5 Å². The minimum absolute atomic E-state index is 0.112. The molecular weight excluding hydrogens is 140 g/mol. The Morgan fingerprint density at radius 3 is 2.50 bits per heavy atom. The van der Waals surface area contributed by atoms with Crippen molar-refractivity contribution < 1.29 is 24.2 Å². The maximum absolute atomic E-state index is 9.66. The molecule has 0 aromatic heterocycles. The van der Waals surface area contributed by atoms with Crippen LogP contribution in [0.25, 0.3) is 0 Å². The summed E-state index contributed by atoms with van der Waals surface area (Å²) in [6, 6.07) is 0. The van der Waals surface area contributed by atoms with Crippen molar-refractivity contribution in [2.75, 3.05) is 13.2 Å². The van der Waals surface area contributed by atoms with E-state index in [1.165, 1.54) is 0 Å². The Kier molecular flexibility index (Phi) is 5.36. The molecule has 1 unspecified atom stereocenters. The molecule has 0 saturated carbocycles. The standard InChI is InChI=1S/C5H8O5/c6-1-5(10-4-8)2-9-3-7/h3-6H,1-2H2. The summed E-state index contributed by atoms with van der Waals surface area (Å²) in [6.07, 6.45) is -0.748. The van der Waals surface area contributed by atoms with Crippen molar-refractivity contribution in [1.82, 2.24) is 0 Å². The first-order chi connectivity index (χ1) is 4.85. The van der Waals surface area contributed by atoms with Crippen LogP contribution in [0.4, 0.5) is 0 Å². The molecule has 0 amide bonds. The molecule has 58 valence electrons. The average Bonchev–Trinajstić information content (AvgIpc) is 1.98. The highest BCUT2D eigenvalue weighted by molar-refractivity contribution is 5.38. The van der Waals surface area contributed by atoms with E-state index in [0.29, 0.717) is 0 Å². The Morgan fingerprint density at radius 2 is 2.10 bits per heavy atom. The van der Waals surface area contributed by atoms with E-state index >= 15 is 0 Å². The van der Waals surface area contributed by atoms with E-state index in [2.05, 4.69) is 9.47 Å². The van der Waals surface area contributed by atoms with Gasteiger partial charge in [0.05, 0.1) is 6.61 Å². The molecule has 0 rings (SSSR count). The van der Waals surface area contributed by atoms with Gasteiger partial charge in [-0.05, 0) is 0 Å². The van der Waals surface area contributed by atoms with E-state index in [0.717, 1.165) is 0 Å². The third kappa shape index (κ3) is 3.85. The summed E-state index contributed by atoms with van der Waals surface area (Å²) in [5.41, 5.74) is 0. The Bertz CT molecular complexity index is 102. The average molecular weight is 148 g/mol. The van der Waals surface area contributed by atoms with Gasteiger partial charge in [0.1, 0.15) is 6.61 Å². The molecule has 5 heteroatoms. The summed E-state index contributed by atoms with van der Waals surface area (Å²) in [5, 5.41) is 8.40. The Balaban J connectivity index is 3.38. The van der Waals surface area contributed by atoms with Gasteiger partial charge >= 0.3 is 0 Å². The summed E-state index contributed by atoms with van der Waals surface area (Å²) < 4.78 is 8.49. The molecule has 0 aliphatic heterocycles. The number of aliphatic hydroxyl groups is 1. The van der Waals surface area contributed by atoms with Gasteiger partial charge in [0.15, 0.2) is 6.10 Å². The van der Waals surface area contributed by atoms with Gasteiger partial charge in [0, 0.05) is 0 Å². The zero-order valence-corrected chi connectivity index (χ0v) is 5.23. The van der Waals surface area contributed by atoms with E-state index in [1.54, 1.807) is 0 Å². The third-order valence-corrected chi connectivity index (χ3v) is 0.802. The van der Waals surface area contributed by atoms with E-state index < -0.39 is 6.10 Å². The van der Waals surface area contributed by atoms with Crippen molar-refractivity contribution in [2.24, 2.45) is 0 Å². The van der Waals surface area contributed by atoms with Gasteiger partial charge in [0.25, 0.3) is 12.9 Å². The summed E-state index contributed by atoms with van der Waals surface area (Å²) in [6.45, 7) is -0.0583. The fourth-order valence-corrected chi connectivity index (χ4v) is 0.360. The fraction of sp³-hybridized carbons (Fsp3) is 0.600. The molecule has 0 fully saturated rings. The summed E-state index contributed by atoms with van der Waals surface area (Å²) >= 11 is 0. The van der Waals surface area contributed by atoms with Crippen LogP contribution < -0.4 is 0 Å². The first-order valence-electron chi connectivity index (χ1n) is 2.60. The first-order valence-corrected chi connectivity index (χ1v) is 2.60. The van der Waals surface area contributed by atoms with Crippen LogP contribution in [0.15, 0.2) is 0 Å². The quantitative estimate of drug-likeness (QED) is 0.473. The lowest BCUT2D eigenvalue weighted by atomic mass is 10.4. The van der Waals surface area contributed by atoms with Crippen molar-refractivity contribution in [2.45, 2.75) is 6.10 Å². The molecule has 0 aromatic rings. The van der Waals surface area contributed by atoms with Crippen LogP contribution in [-0.4, -0.2) is 37.4 Å². The van der Waals surface area contributed by atoms with E-state index in [9.17, 15) is 9.59 Å². The van der Waals surface area contributed by atoms with Crippen molar-refractivity contribution >= 4 is 12.9 Å². The van der Waals surface area contributed by atoms with Crippen LogP contribution in [0.1, 0.15) is 0 Å². The third-order valence-electron chi connectivity index (χ3n) is 0.802. The van der Waals surface area contributed by atoms with Crippen molar-refractivity contribution in [3.8, 4) is 0 Å². The van der Waals surface area contributed by atoms with Crippen LogP contribution in [-0.2, 0) is 19.1 Å². The normalized spacial score (nSPS) is 11.7. The van der Waals surface area contributed by atoms with Crippen LogP contribution in [0.5, 0.6) is 0 Å². The number of carbonyl (C=O) groups is 2. The molecule has 10 heavy (non-hydrogen) atoms. The lowest BCUT2D eigenvalue weighted by Crippen LogP contribution is -2.23. The topological polar surface area (TPSA) is 72.8 Å². The molecule has 5 nitrogen and oxygen atoms in total. The lowest BCUT2D eigenvalue weighted by Gasteiger charge is -2.09. The zero-order valence-electron chi connectivity index (χ0n) is 5.23. The largest absolute Gasteiger partial charge is 0.464 e. The first kappa shape index (κ1) is 8.90. The molecule has 0 aliphatic carbocycles. The minimum Gasteiger partial charge on any atom is -0.464 e. The maximum atomic E-state index is 9.66. The van der Waals surface area contributed by atoms with E-state index in [4.69, 9.17) is 5.11 Å². The van der Waals surface area contributed by atoms with Crippen molar-refractivity contribution in [3.63, 3.8) is 0 Å². The molecular formula is C5H8O5. The van der Waals surface area contributed by atoms with Crippen LogP contribution >= 0.6 is 0 Å². The molecule has 0 spiro atoms. The SMILES string of the molecule is O=COCC(CO)OC=O. The number of hydrogen-bond acceptors (Lipinski definition) is 5. The highest BCUT2D eigenvalue weighted by atomic mass is 16.6. The zero-order chi connectivity index (χ0) is 7.82. The molecule has 0 saturated heterocycles. The smallest absolute Gasteiger partial charge is 0.293 e. The second-order valence-electron chi connectivity index (χ2n) is 1.47. The minimum atomic E-state index is -0.748. The predicted molar refractivity (Wildman–Crippen MR) is 30.0 cm³/mol. The molecule has 0 heterocycles. The van der Waals surface area contributed by atoms with Crippen LogP contribution in [0.3, 0.4) is 0 Å². The summed E-state index contributed by atoms with van der Waals surface area (Å²) in [5.74, 6) is 0. The van der Waals surface area contributed by atoms with Gasteiger partial charge in [-0.3, -0.25) is 9.59 Å². The van der Waals surface area contributed by atoms with Gasteiger partial charge in [0.2, 0.25) is 0 Å². The molecule has 1 N–H and O–H groups in total. The lowest BCUT2D eigenvalue weighted by molar-refractivity contribution is -0.144. The Hall–Kier alpha value is -1.10. The molecule has 0 aliphatic rings. The number of carbonyl (C=O) groups excluding carboxylic acids is 2. The van der Waals surface area contributed by atoms with Crippen molar-refractivity contribution in [1.29, 1.82) is 0 Å². The number of aliphatic hydroxyl groups excluding tert-OH is 1. The number of ether oxygens (including phenoxy) is 2. The van der Waals surface area contributed by atoms with Gasteiger partial charge in [-0.25, -0.2) is 0 Å². The predicted octanol–water partition coefficient (Wildman–Crippen LogP) is -1.31. The van der Waals surface area contributed by atoms with Gasteiger partial charge in [-0.1, -0.05) is 0 Å². The summed E-state index contributed by atoms with van der Waals surface area (Å²) in [4.78, 5) is 19.2. The Morgan fingerprint density at radius 1 is 1.40 bits per heavy atom. The summed E-state index contributed by atoms with van der Waals surface area (Å²) in [7, 11) is 0. The van der Waals surface area contributed by atoms with Gasteiger partial charge in [-0.15, -0.1) is 0 Å². The fourth-order valence-electron chi connectivity index (χ4n) is 0.360. The second kappa shape index (κ2) is 6.03. The van der Waals surface area contributed by atoms with Crippen LogP contribution in [0.2, 0.25) is 0 Å². The van der Waals surface area contributed by atoms with Crippen LogP contribution in [0, 0.1) is 0 Å². The van der Waals surface area contributed by atoms with E-state index in [-0.39, 0.29) is 26.2 Å². The van der Waals surface area contributed by atoms with Gasteiger partial charge in [-0.2, -0.15) is 0 Å². The molecule has 1 atom stereocenters. The maximum Gasteiger partial charge on any atom is 0.293 e. The monoisotopic (exact) mass is 148 g/mol. The highest BCUT2D eigenvalue weighted by Crippen LogP contribution is 1.87. The highest BCUT2D eigenvalue weighted by Gasteiger charge is 2.06. The van der Waals surface area contributed by atoms with Gasteiger partial charge < -0.3 is 14.6 Å². The van der Waals surface area contributed by atoms with Crippen molar-refractivity contribution in [3.05, 3.63) is 0 Å². The molecule has 0 bridgehead atoms. The molecule has 0 aromatic carbocycles.